The number of fused-ring (bicyclic) bond motifs is 1. The van der Waals surface area contributed by atoms with Gasteiger partial charge in [-0.2, -0.15) is 0 Å². The van der Waals surface area contributed by atoms with Gasteiger partial charge >= 0.3 is 0 Å². The number of carbonyl (C=O) groups is 2. The number of amides is 2. The second-order valence-corrected chi connectivity index (χ2v) is 9.93. The topological polar surface area (TPSA) is 58.7 Å². The van der Waals surface area contributed by atoms with Gasteiger partial charge in [0.2, 0.25) is 0 Å². The van der Waals surface area contributed by atoms with E-state index < -0.39 is 0 Å². The molecular weight excluding hydrogens is 438 g/mol. The van der Waals surface area contributed by atoms with Crippen molar-refractivity contribution in [1.82, 2.24) is 14.4 Å². The Bertz CT molecular complexity index is 1390. The molecule has 2 amide bonds. The fraction of sp³-hybridized carbons (Fsp3) is 0.310. The summed E-state index contributed by atoms with van der Waals surface area (Å²) in [5.74, 6) is 0.514. The number of nitrogens with zero attached hydrogens (tertiary/aromatic N) is 3. The van der Waals surface area contributed by atoms with Crippen LogP contribution < -0.4 is 0 Å². The Hall–Kier alpha value is -3.80. The third kappa shape index (κ3) is 3.73. The van der Waals surface area contributed by atoms with Gasteiger partial charge in [-0.3, -0.25) is 9.59 Å². The lowest BCUT2D eigenvalue weighted by molar-refractivity contribution is 0.0560. The van der Waals surface area contributed by atoms with Gasteiger partial charge in [0.1, 0.15) is 5.58 Å². The Morgan fingerprint density at radius 3 is 2.20 bits per heavy atom. The summed E-state index contributed by atoms with van der Waals surface area (Å²) in [4.78, 5) is 30.7. The minimum absolute atomic E-state index is 0.0188. The zero-order chi connectivity index (χ0) is 24.0. The molecule has 2 saturated heterocycles. The number of carbonyl (C=O) groups excluding carboxylic acids is 2. The van der Waals surface area contributed by atoms with Crippen LogP contribution in [0.25, 0.3) is 16.7 Å². The molecule has 0 N–H and O–H groups in total. The maximum Gasteiger partial charge on any atom is 0.289 e. The Morgan fingerprint density at radius 1 is 0.800 bits per heavy atom. The third-order valence-corrected chi connectivity index (χ3v) is 7.89. The molecule has 0 atom stereocenters. The predicted octanol–water partition coefficient (Wildman–Crippen LogP) is 5.30. The van der Waals surface area contributed by atoms with Crippen LogP contribution in [0.1, 0.15) is 45.7 Å². The maximum absolute atomic E-state index is 13.4. The van der Waals surface area contributed by atoms with Crippen molar-refractivity contribution < 1.29 is 14.0 Å². The molecule has 6 heteroatoms. The molecule has 2 aromatic carbocycles. The summed E-state index contributed by atoms with van der Waals surface area (Å²) in [5, 5.41) is 0.997. The Balaban J connectivity index is 1.14. The van der Waals surface area contributed by atoms with E-state index in [-0.39, 0.29) is 17.2 Å². The van der Waals surface area contributed by atoms with Crippen molar-refractivity contribution in [3.05, 3.63) is 89.9 Å². The van der Waals surface area contributed by atoms with E-state index in [1.165, 1.54) is 0 Å². The molecule has 0 saturated carbocycles. The minimum Gasteiger partial charge on any atom is -0.451 e. The van der Waals surface area contributed by atoms with Gasteiger partial charge in [0.25, 0.3) is 11.8 Å². The van der Waals surface area contributed by atoms with Gasteiger partial charge in [0.15, 0.2) is 5.76 Å². The van der Waals surface area contributed by atoms with Crippen molar-refractivity contribution in [2.24, 2.45) is 5.41 Å². The number of hydrogen-bond acceptors (Lipinski definition) is 3. The second kappa shape index (κ2) is 8.45. The highest BCUT2D eigenvalue weighted by Gasteiger charge is 2.43. The molecular formula is C29H29N3O3. The fourth-order valence-corrected chi connectivity index (χ4v) is 5.77. The van der Waals surface area contributed by atoms with Crippen molar-refractivity contribution in [3.63, 3.8) is 0 Å². The van der Waals surface area contributed by atoms with Crippen molar-refractivity contribution in [1.29, 1.82) is 0 Å². The maximum atomic E-state index is 13.4. The van der Waals surface area contributed by atoms with Gasteiger partial charge in [-0.25, -0.2) is 0 Å². The van der Waals surface area contributed by atoms with E-state index in [1.807, 2.05) is 94.3 Å². The van der Waals surface area contributed by atoms with E-state index in [4.69, 9.17) is 4.42 Å². The fourth-order valence-electron chi connectivity index (χ4n) is 5.77. The molecule has 178 valence electrons. The van der Waals surface area contributed by atoms with E-state index in [1.54, 1.807) is 0 Å². The van der Waals surface area contributed by atoms with E-state index in [0.29, 0.717) is 18.8 Å². The molecule has 6 nitrogen and oxygen atoms in total. The van der Waals surface area contributed by atoms with Crippen molar-refractivity contribution >= 4 is 22.8 Å². The molecule has 2 aliphatic rings. The van der Waals surface area contributed by atoms with Crippen LogP contribution in [-0.2, 0) is 0 Å². The Kier molecular flexibility index (Phi) is 5.24. The SMILES string of the molecule is Cc1c(C(=O)N2CCC3(CCN(C(=O)c4ccccc4-n4cccc4)CC3)C2)oc2ccccc12. The van der Waals surface area contributed by atoms with Crippen molar-refractivity contribution in [2.45, 2.75) is 26.2 Å². The van der Waals surface area contributed by atoms with Crippen LogP contribution in [-0.4, -0.2) is 52.4 Å². The largest absolute Gasteiger partial charge is 0.451 e. The van der Waals surface area contributed by atoms with Crippen LogP contribution in [0.4, 0.5) is 0 Å². The molecule has 0 bridgehead atoms. The molecule has 35 heavy (non-hydrogen) atoms. The summed E-state index contributed by atoms with van der Waals surface area (Å²) in [6.45, 7) is 4.85. The zero-order valence-corrected chi connectivity index (χ0v) is 19.9. The van der Waals surface area contributed by atoms with Crippen LogP contribution in [0.3, 0.4) is 0 Å². The first-order valence-electron chi connectivity index (χ1n) is 12.3. The number of hydrogen-bond donors (Lipinski definition) is 0. The first kappa shape index (κ1) is 21.7. The highest BCUT2D eigenvalue weighted by Crippen LogP contribution is 2.41. The van der Waals surface area contributed by atoms with Crippen LogP contribution in [0.15, 0.2) is 77.5 Å². The van der Waals surface area contributed by atoms with E-state index in [9.17, 15) is 9.59 Å². The monoisotopic (exact) mass is 467 g/mol. The number of aromatic nitrogens is 1. The Labute approximate surface area is 204 Å². The Morgan fingerprint density at radius 2 is 1.46 bits per heavy atom. The molecule has 6 rings (SSSR count). The number of piperidine rings is 1. The molecule has 2 aliphatic heterocycles. The molecule has 1 spiro atoms. The average Bonchev–Trinajstić information content (AvgIpc) is 3.64. The van der Waals surface area contributed by atoms with E-state index >= 15 is 0 Å². The highest BCUT2D eigenvalue weighted by atomic mass is 16.3. The second-order valence-electron chi connectivity index (χ2n) is 9.93. The van der Waals surface area contributed by atoms with Crippen molar-refractivity contribution in [2.75, 3.05) is 26.2 Å². The summed E-state index contributed by atoms with van der Waals surface area (Å²) in [5.41, 5.74) is 3.37. The quantitative estimate of drug-likeness (QED) is 0.411. The molecule has 0 aliphatic carbocycles. The summed E-state index contributed by atoms with van der Waals surface area (Å²) >= 11 is 0. The number of furan rings is 1. The molecule has 0 radical (unpaired) electrons. The van der Waals surface area contributed by atoms with Gasteiger partial charge in [-0.05, 0) is 61.9 Å². The highest BCUT2D eigenvalue weighted by molar-refractivity contribution is 5.99. The normalized spacial score (nSPS) is 17.4. The lowest BCUT2D eigenvalue weighted by Gasteiger charge is -2.39. The number of benzene rings is 2. The van der Waals surface area contributed by atoms with E-state index in [2.05, 4.69) is 0 Å². The van der Waals surface area contributed by atoms with E-state index in [0.717, 1.165) is 60.1 Å². The van der Waals surface area contributed by atoms with Gasteiger partial charge in [-0.15, -0.1) is 0 Å². The summed E-state index contributed by atoms with van der Waals surface area (Å²) in [6.07, 6.45) is 6.72. The summed E-state index contributed by atoms with van der Waals surface area (Å²) in [6, 6.07) is 19.5. The van der Waals surface area contributed by atoms with Crippen LogP contribution in [0, 0.1) is 12.3 Å². The molecule has 0 unspecified atom stereocenters. The van der Waals surface area contributed by atoms with Crippen LogP contribution in [0.2, 0.25) is 0 Å². The summed E-state index contributed by atoms with van der Waals surface area (Å²) < 4.78 is 7.93. The first-order valence-corrected chi connectivity index (χ1v) is 12.3. The molecule has 4 aromatic rings. The van der Waals surface area contributed by atoms with Crippen LogP contribution >= 0.6 is 0 Å². The smallest absolute Gasteiger partial charge is 0.289 e. The van der Waals surface area contributed by atoms with Crippen molar-refractivity contribution in [3.8, 4) is 5.69 Å². The number of para-hydroxylation sites is 2. The number of likely N-dealkylation sites (tertiary alicyclic amines) is 2. The third-order valence-electron chi connectivity index (χ3n) is 7.89. The minimum atomic E-state index is -0.0188. The number of aryl methyl sites for hydroxylation is 1. The van der Waals surface area contributed by atoms with Gasteiger partial charge in [-0.1, -0.05) is 30.3 Å². The first-order chi connectivity index (χ1) is 17.0. The van der Waals surface area contributed by atoms with Crippen LogP contribution in [0.5, 0.6) is 0 Å². The zero-order valence-electron chi connectivity index (χ0n) is 19.9. The lowest BCUT2D eigenvalue weighted by atomic mass is 9.77. The molecule has 2 aromatic heterocycles. The number of rotatable bonds is 3. The van der Waals surface area contributed by atoms with Gasteiger partial charge in [0, 0.05) is 49.5 Å². The predicted molar refractivity (Wildman–Crippen MR) is 135 cm³/mol. The summed E-state index contributed by atoms with van der Waals surface area (Å²) in [7, 11) is 0. The molecule has 4 heterocycles. The van der Waals surface area contributed by atoms with Gasteiger partial charge in [0.05, 0.1) is 11.3 Å². The average molecular weight is 468 g/mol. The van der Waals surface area contributed by atoms with Gasteiger partial charge < -0.3 is 18.8 Å². The molecule has 2 fully saturated rings. The standard InChI is InChI=1S/C29H29N3O3/c1-21-22-8-3-5-11-25(22)35-26(21)28(34)32-19-14-29(20-32)12-17-31(18-13-29)27(33)23-9-2-4-10-24(23)30-15-6-7-16-30/h2-11,15-16H,12-14,17-20H2,1H3. The lowest BCUT2D eigenvalue weighted by Crippen LogP contribution is -2.45.